The van der Waals surface area contributed by atoms with Crippen molar-refractivity contribution in [1.82, 2.24) is 4.90 Å². The van der Waals surface area contributed by atoms with E-state index >= 15 is 0 Å². The fraction of sp³-hybridized carbons (Fsp3) is 0.316. The van der Waals surface area contributed by atoms with Gasteiger partial charge in [-0.15, -0.1) is 0 Å². The predicted molar refractivity (Wildman–Crippen MR) is 95.9 cm³/mol. The van der Waals surface area contributed by atoms with Crippen LogP contribution in [0.2, 0.25) is 5.02 Å². The average Bonchev–Trinajstić information content (AvgIpc) is 2.61. The summed E-state index contributed by atoms with van der Waals surface area (Å²) in [5.41, 5.74) is 1.11. The van der Waals surface area contributed by atoms with Gasteiger partial charge in [0.1, 0.15) is 18.1 Å². The maximum atomic E-state index is 12.1. The van der Waals surface area contributed by atoms with E-state index in [0.29, 0.717) is 31.0 Å². The smallest absolute Gasteiger partial charge is 0.222 e. The molecule has 1 amide bonds. The molecule has 2 aromatic carbocycles. The lowest BCUT2D eigenvalue weighted by Crippen LogP contribution is -2.31. The van der Waals surface area contributed by atoms with Crippen molar-refractivity contribution in [2.75, 3.05) is 27.3 Å². The molecule has 0 fully saturated rings. The topological polar surface area (TPSA) is 38.8 Å². The lowest BCUT2D eigenvalue weighted by molar-refractivity contribution is -0.130. The van der Waals surface area contributed by atoms with Crippen LogP contribution in [0.3, 0.4) is 0 Å². The second-order valence-electron chi connectivity index (χ2n) is 5.47. The fourth-order valence-corrected chi connectivity index (χ4v) is 2.32. The highest BCUT2D eigenvalue weighted by molar-refractivity contribution is 6.30. The maximum absolute atomic E-state index is 12.1. The largest absolute Gasteiger partial charge is 0.497 e. The quantitative estimate of drug-likeness (QED) is 0.728. The molecule has 0 saturated carbocycles. The molecule has 0 bridgehead atoms. The molecule has 0 spiro atoms. The third-order valence-electron chi connectivity index (χ3n) is 3.72. The van der Waals surface area contributed by atoms with Gasteiger partial charge in [-0.1, -0.05) is 23.7 Å². The monoisotopic (exact) mass is 347 g/mol. The molecule has 2 aromatic rings. The van der Waals surface area contributed by atoms with Crippen molar-refractivity contribution >= 4 is 17.5 Å². The number of hydrogen-bond donors (Lipinski definition) is 0. The molecular weight excluding hydrogens is 326 g/mol. The number of halogens is 1. The highest BCUT2D eigenvalue weighted by Gasteiger charge is 2.09. The Kier molecular flexibility index (Phi) is 6.94. The molecule has 0 radical (unpaired) electrons. The molecule has 2 rings (SSSR count). The van der Waals surface area contributed by atoms with E-state index in [4.69, 9.17) is 21.1 Å². The van der Waals surface area contributed by atoms with Crippen LogP contribution in [0.15, 0.2) is 48.5 Å². The van der Waals surface area contributed by atoms with E-state index in [1.54, 1.807) is 19.1 Å². The van der Waals surface area contributed by atoms with Crippen LogP contribution in [-0.2, 0) is 11.2 Å². The number of likely N-dealkylation sites (N-methyl/N-ethyl adjacent to an activating group) is 1. The maximum Gasteiger partial charge on any atom is 0.222 e. The van der Waals surface area contributed by atoms with Crippen LogP contribution in [0.25, 0.3) is 0 Å². The molecule has 0 saturated heterocycles. The van der Waals surface area contributed by atoms with Crippen molar-refractivity contribution in [3.05, 3.63) is 59.1 Å². The number of methoxy groups -OCH3 is 1. The molecule has 0 aromatic heterocycles. The molecule has 5 heteroatoms. The van der Waals surface area contributed by atoms with Crippen molar-refractivity contribution in [3.8, 4) is 11.5 Å². The predicted octanol–water partition coefficient (Wildman–Crippen LogP) is 3.82. The summed E-state index contributed by atoms with van der Waals surface area (Å²) in [6.45, 7) is 1.00. The molecule has 24 heavy (non-hydrogen) atoms. The first-order valence-electron chi connectivity index (χ1n) is 7.84. The summed E-state index contributed by atoms with van der Waals surface area (Å²) >= 11 is 5.85. The number of ether oxygens (including phenoxy) is 2. The first kappa shape index (κ1) is 18.1. The standard InChI is InChI=1S/C19H22ClNO3/c1-21(13-14-24-18-10-8-17(23-2)9-11-18)19(22)12-5-15-3-6-16(20)7-4-15/h3-4,6-11H,5,12-14H2,1-2H3. The number of nitrogens with zero attached hydrogens (tertiary/aromatic N) is 1. The molecule has 0 aliphatic heterocycles. The number of amides is 1. The Hall–Kier alpha value is -2.20. The Morgan fingerprint density at radius 3 is 2.29 bits per heavy atom. The number of carbonyl (C=O) groups is 1. The van der Waals surface area contributed by atoms with Gasteiger partial charge in [0.2, 0.25) is 5.91 Å². The van der Waals surface area contributed by atoms with Gasteiger partial charge in [-0.25, -0.2) is 0 Å². The number of carbonyl (C=O) groups excluding carboxylic acids is 1. The highest BCUT2D eigenvalue weighted by atomic mass is 35.5. The Balaban J connectivity index is 1.69. The van der Waals surface area contributed by atoms with E-state index < -0.39 is 0 Å². The Morgan fingerprint density at radius 1 is 1.04 bits per heavy atom. The van der Waals surface area contributed by atoms with Crippen LogP contribution in [-0.4, -0.2) is 38.1 Å². The molecule has 0 heterocycles. The van der Waals surface area contributed by atoms with E-state index in [0.717, 1.165) is 17.1 Å². The third-order valence-corrected chi connectivity index (χ3v) is 3.97. The molecule has 128 valence electrons. The summed E-state index contributed by atoms with van der Waals surface area (Å²) in [5.74, 6) is 1.65. The van der Waals surface area contributed by atoms with Crippen molar-refractivity contribution in [3.63, 3.8) is 0 Å². The van der Waals surface area contributed by atoms with Crippen LogP contribution < -0.4 is 9.47 Å². The minimum absolute atomic E-state index is 0.100. The number of aryl methyl sites for hydroxylation is 1. The SMILES string of the molecule is COc1ccc(OCCN(C)C(=O)CCc2ccc(Cl)cc2)cc1. The second-order valence-corrected chi connectivity index (χ2v) is 5.90. The zero-order chi connectivity index (χ0) is 17.4. The van der Waals surface area contributed by atoms with E-state index in [2.05, 4.69) is 0 Å². The summed E-state index contributed by atoms with van der Waals surface area (Å²) in [5, 5.41) is 0.706. The zero-order valence-electron chi connectivity index (χ0n) is 14.0. The Labute approximate surface area is 147 Å². The van der Waals surface area contributed by atoms with Crippen molar-refractivity contribution in [2.24, 2.45) is 0 Å². The summed E-state index contributed by atoms with van der Waals surface area (Å²) in [6.07, 6.45) is 1.18. The van der Waals surface area contributed by atoms with E-state index in [-0.39, 0.29) is 5.91 Å². The molecule has 4 nitrogen and oxygen atoms in total. The van der Waals surface area contributed by atoms with Gasteiger partial charge in [-0.05, 0) is 48.4 Å². The lowest BCUT2D eigenvalue weighted by atomic mass is 10.1. The minimum atomic E-state index is 0.100. The summed E-state index contributed by atoms with van der Waals surface area (Å²) < 4.78 is 10.7. The summed E-state index contributed by atoms with van der Waals surface area (Å²) in [7, 11) is 3.42. The van der Waals surface area contributed by atoms with Crippen molar-refractivity contribution in [1.29, 1.82) is 0 Å². The Morgan fingerprint density at radius 2 is 1.67 bits per heavy atom. The number of rotatable bonds is 8. The number of benzene rings is 2. The van der Waals surface area contributed by atoms with Crippen LogP contribution in [0, 0.1) is 0 Å². The molecular formula is C19H22ClNO3. The van der Waals surface area contributed by atoms with Crippen LogP contribution in [0.1, 0.15) is 12.0 Å². The Bertz CT molecular complexity index is 641. The molecule has 0 N–H and O–H groups in total. The van der Waals surface area contributed by atoms with Gasteiger partial charge in [-0.2, -0.15) is 0 Å². The van der Waals surface area contributed by atoms with E-state index in [1.165, 1.54) is 0 Å². The van der Waals surface area contributed by atoms with Gasteiger partial charge in [0.15, 0.2) is 0 Å². The van der Waals surface area contributed by atoms with E-state index in [9.17, 15) is 4.79 Å². The molecule has 0 unspecified atom stereocenters. The van der Waals surface area contributed by atoms with Crippen LogP contribution in [0.4, 0.5) is 0 Å². The van der Waals surface area contributed by atoms with Gasteiger partial charge < -0.3 is 14.4 Å². The second kappa shape index (κ2) is 9.18. The summed E-state index contributed by atoms with van der Waals surface area (Å²) in [4.78, 5) is 13.8. The number of hydrogen-bond acceptors (Lipinski definition) is 3. The van der Waals surface area contributed by atoms with Crippen LogP contribution in [0.5, 0.6) is 11.5 Å². The van der Waals surface area contributed by atoms with E-state index in [1.807, 2.05) is 48.5 Å². The minimum Gasteiger partial charge on any atom is -0.497 e. The molecule has 0 atom stereocenters. The molecule has 0 aliphatic carbocycles. The third kappa shape index (κ3) is 5.78. The van der Waals surface area contributed by atoms with Gasteiger partial charge in [0.05, 0.1) is 13.7 Å². The van der Waals surface area contributed by atoms with Crippen LogP contribution >= 0.6 is 11.6 Å². The average molecular weight is 348 g/mol. The van der Waals surface area contributed by atoms with Gasteiger partial charge in [-0.3, -0.25) is 4.79 Å². The zero-order valence-corrected chi connectivity index (χ0v) is 14.8. The van der Waals surface area contributed by atoms with Gasteiger partial charge >= 0.3 is 0 Å². The highest BCUT2D eigenvalue weighted by Crippen LogP contribution is 2.17. The van der Waals surface area contributed by atoms with Gasteiger partial charge in [0, 0.05) is 18.5 Å². The first-order valence-corrected chi connectivity index (χ1v) is 8.21. The van der Waals surface area contributed by atoms with Crippen molar-refractivity contribution < 1.29 is 14.3 Å². The molecule has 0 aliphatic rings. The summed E-state index contributed by atoms with van der Waals surface area (Å²) in [6, 6.07) is 15.0. The van der Waals surface area contributed by atoms with Gasteiger partial charge in [0.25, 0.3) is 0 Å². The first-order chi connectivity index (χ1) is 11.6. The van der Waals surface area contributed by atoms with Crippen molar-refractivity contribution in [2.45, 2.75) is 12.8 Å². The fourth-order valence-electron chi connectivity index (χ4n) is 2.19. The lowest BCUT2D eigenvalue weighted by Gasteiger charge is -2.17. The normalized spacial score (nSPS) is 10.3.